The maximum absolute atomic E-state index is 13.9. The Bertz CT molecular complexity index is 1180. The molecule has 2 fully saturated rings. The number of hydrogen-bond donors (Lipinski definition) is 1. The van der Waals surface area contributed by atoms with Crippen LogP contribution in [0.5, 0.6) is 0 Å². The summed E-state index contributed by atoms with van der Waals surface area (Å²) in [7, 11) is 1.41. The molecule has 0 spiro atoms. The maximum atomic E-state index is 13.9. The second kappa shape index (κ2) is 11.1. The number of methoxy groups -OCH3 is 1. The van der Waals surface area contributed by atoms with E-state index >= 15 is 0 Å². The van der Waals surface area contributed by atoms with Crippen molar-refractivity contribution in [2.45, 2.75) is 50.2 Å². The molecule has 4 rings (SSSR count). The molecule has 0 saturated carbocycles. The summed E-state index contributed by atoms with van der Waals surface area (Å²) in [4.78, 5) is 41.4. The lowest BCUT2D eigenvalue weighted by Crippen LogP contribution is -2.48. The van der Waals surface area contributed by atoms with Crippen LogP contribution >= 0.6 is 0 Å². The van der Waals surface area contributed by atoms with E-state index in [1.165, 1.54) is 13.2 Å². The number of imide groups is 1. The van der Waals surface area contributed by atoms with Crippen LogP contribution in [0.1, 0.15) is 50.3 Å². The summed E-state index contributed by atoms with van der Waals surface area (Å²) >= 11 is 0. The number of ether oxygens (including phenoxy) is 2. The van der Waals surface area contributed by atoms with Crippen molar-refractivity contribution in [2.24, 2.45) is 0 Å². The van der Waals surface area contributed by atoms with Gasteiger partial charge in [-0.25, -0.2) is 23.3 Å². The fourth-order valence-corrected chi connectivity index (χ4v) is 5.48. The summed E-state index contributed by atoms with van der Waals surface area (Å²) in [6, 6.07) is 11.4. The third-order valence-corrected chi connectivity index (χ3v) is 7.48. The van der Waals surface area contributed by atoms with Crippen molar-refractivity contribution in [1.82, 2.24) is 15.1 Å². The van der Waals surface area contributed by atoms with Crippen molar-refractivity contribution in [3.05, 3.63) is 71.3 Å². The van der Waals surface area contributed by atoms with Crippen molar-refractivity contribution in [3.8, 4) is 0 Å². The van der Waals surface area contributed by atoms with Crippen LogP contribution in [-0.4, -0.2) is 66.8 Å². The number of nitrogens with one attached hydrogen (secondary N) is 1. The van der Waals surface area contributed by atoms with Gasteiger partial charge in [-0.15, -0.1) is 0 Å². The van der Waals surface area contributed by atoms with E-state index in [4.69, 9.17) is 9.47 Å². The van der Waals surface area contributed by atoms with E-state index in [2.05, 4.69) is 10.2 Å². The molecule has 0 aromatic heterocycles. The maximum Gasteiger partial charge on any atom is 0.419 e. The van der Waals surface area contributed by atoms with Gasteiger partial charge in [0, 0.05) is 6.54 Å². The predicted molar refractivity (Wildman–Crippen MR) is 135 cm³/mol. The lowest BCUT2D eigenvalue weighted by Gasteiger charge is -2.40. The minimum absolute atomic E-state index is 0.230. The zero-order chi connectivity index (χ0) is 27.5. The van der Waals surface area contributed by atoms with Gasteiger partial charge in [0.15, 0.2) is 11.6 Å². The second-order valence-electron chi connectivity index (χ2n) is 10.3. The van der Waals surface area contributed by atoms with Gasteiger partial charge in [-0.1, -0.05) is 36.4 Å². The SMILES string of the molecule is COC(=O)C1(c2ccccc2)CCN(CCCNC(=O)N2C(=O)OC(C)(C)C2c2ccc(F)c(F)c2)CC1. The first kappa shape index (κ1) is 27.5. The summed E-state index contributed by atoms with van der Waals surface area (Å²) in [5.41, 5.74) is -0.582. The Morgan fingerprint density at radius 1 is 1.08 bits per heavy atom. The smallest absolute Gasteiger partial charge is 0.419 e. The number of esters is 1. The molecule has 3 amide bonds. The number of halogens is 2. The van der Waals surface area contributed by atoms with Gasteiger partial charge in [0.1, 0.15) is 11.6 Å². The molecule has 38 heavy (non-hydrogen) atoms. The quantitative estimate of drug-likeness (QED) is 0.419. The molecule has 1 N–H and O–H groups in total. The number of carbonyl (C=O) groups excluding carboxylic acids is 3. The molecule has 2 aliphatic rings. The van der Waals surface area contributed by atoms with Crippen LogP contribution in [0.15, 0.2) is 48.5 Å². The molecule has 0 aliphatic carbocycles. The van der Waals surface area contributed by atoms with E-state index in [-0.39, 0.29) is 11.5 Å². The zero-order valence-corrected chi connectivity index (χ0v) is 21.8. The van der Waals surface area contributed by atoms with Gasteiger partial charge in [0.05, 0.1) is 12.5 Å². The van der Waals surface area contributed by atoms with Crippen LogP contribution in [0.25, 0.3) is 0 Å². The van der Waals surface area contributed by atoms with Gasteiger partial charge < -0.3 is 19.7 Å². The minimum Gasteiger partial charge on any atom is -0.468 e. The zero-order valence-electron chi connectivity index (χ0n) is 21.8. The number of piperidine rings is 1. The number of benzene rings is 2. The second-order valence-corrected chi connectivity index (χ2v) is 10.3. The molecule has 0 radical (unpaired) electrons. The Labute approximate surface area is 220 Å². The van der Waals surface area contributed by atoms with E-state index in [1.807, 2.05) is 30.3 Å². The molecule has 2 aromatic rings. The Balaban J connectivity index is 1.32. The van der Waals surface area contributed by atoms with E-state index in [0.29, 0.717) is 45.4 Å². The lowest BCUT2D eigenvalue weighted by molar-refractivity contribution is -0.149. The predicted octanol–water partition coefficient (Wildman–Crippen LogP) is 4.54. The van der Waals surface area contributed by atoms with Gasteiger partial charge in [-0.2, -0.15) is 0 Å². The Kier molecular flexibility index (Phi) is 8.01. The summed E-state index contributed by atoms with van der Waals surface area (Å²) in [6.07, 6.45) is 1.02. The number of likely N-dealkylation sites (tertiary alicyclic amines) is 1. The minimum atomic E-state index is -1.13. The summed E-state index contributed by atoms with van der Waals surface area (Å²) < 4.78 is 37.9. The average molecular weight is 530 g/mol. The molecule has 2 aliphatic heterocycles. The van der Waals surface area contributed by atoms with Gasteiger partial charge in [-0.05, 0) is 76.0 Å². The summed E-state index contributed by atoms with van der Waals surface area (Å²) in [5.74, 6) is -2.31. The molecule has 8 nitrogen and oxygen atoms in total. The van der Waals surface area contributed by atoms with E-state index in [9.17, 15) is 23.2 Å². The first-order chi connectivity index (χ1) is 18.1. The highest BCUT2D eigenvalue weighted by atomic mass is 19.2. The van der Waals surface area contributed by atoms with Gasteiger partial charge in [0.25, 0.3) is 0 Å². The number of amides is 3. The highest BCUT2D eigenvalue weighted by molar-refractivity contribution is 5.93. The molecular formula is C28H33F2N3O5. The topological polar surface area (TPSA) is 88.2 Å². The number of carbonyl (C=O) groups is 3. The first-order valence-electron chi connectivity index (χ1n) is 12.7. The molecule has 2 heterocycles. The third kappa shape index (κ3) is 5.36. The largest absolute Gasteiger partial charge is 0.468 e. The van der Waals surface area contributed by atoms with Crippen LogP contribution in [0.4, 0.5) is 18.4 Å². The van der Waals surface area contributed by atoms with Crippen molar-refractivity contribution in [3.63, 3.8) is 0 Å². The van der Waals surface area contributed by atoms with Crippen molar-refractivity contribution < 1.29 is 32.6 Å². The van der Waals surface area contributed by atoms with Gasteiger partial charge in [-0.3, -0.25) is 4.79 Å². The highest BCUT2D eigenvalue weighted by Gasteiger charge is 2.51. The number of rotatable bonds is 7. The number of cyclic esters (lactones) is 1. The molecular weight excluding hydrogens is 496 g/mol. The summed E-state index contributed by atoms with van der Waals surface area (Å²) in [5, 5.41) is 2.75. The molecule has 1 atom stereocenters. The van der Waals surface area contributed by atoms with E-state index < -0.39 is 40.8 Å². The number of nitrogens with zero attached hydrogens (tertiary/aromatic N) is 2. The fraction of sp³-hybridized carbons (Fsp3) is 0.464. The van der Waals surface area contributed by atoms with Crippen molar-refractivity contribution >= 4 is 18.1 Å². The number of urea groups is 1. The van der Waals surface area contributed by atoms with Crippen LogP contribution < -0.4 is 5.32 Å². The highest BCUT2D eigenvalue weighted by Crippen LogP contribution is 2.41. The van der Waals surface area contributed by atoms with Crippen LogP contribution in [-0.2, 0) is 19.7 Å². The summed E-state index contributed by atoms with van der Waals surface area (Å²) in [6.45, 7) is 5.61. The molecule has 204 valence electrons. The third-order valence-electron chi connectivity index (χ3n) is 7.48. The van der Waals surface area contributed by atoms with Crippen molar-refractivity contribution in [2.75, 3.05) is 33.3 Å². The average Bonchev–Trinajstić information content (AvgIpc) is 3.16. The molecule has 2 aromatic carbocycles. The normalized spacial score (nSPS) is 20.6. The molecule has 2 saturated heterocycles. The molecule has 1 unspecified atom stereocenters. The van der Waals surface area contributed by atoms with Crippen LogP contribution in [0, 0.1) is 11.6 Å². The van der Waals surface area contributed by atoms with Gasteiger partial charge in [0.2, 0.25) is 0 Å². The van der Waals surface area contributed by atoms with E-state index in [1.54, 1.807) is 13.8 Å². The lowest BCUT2D eigenvalue weighted by atomic mass is 9.72. The fourth-order valence-electron chi connectivity index (χ4n) is 5.48. The molecule has 10 heteroatoms. The van der Waals surface area contributed by atoms with Crippen molar-refractivity contribution in [1.29, 1.82) is 0 Å². The van der Waals surface area contributed by atoms with E-state index in [0.717, 1.165) is 22.6 Å². The van der Waals surface area contributed by atoms with Crippen LogP contribution in [0.3, 0.4) is 0 Å². The monoisotopic (exact) mass is 529 g/mol. The Hall–Kier alpha value is -3.53. The first-order valence-corrected chi connectivity index (χ1v) is 12.7. The van der Waals surface area contributed by atoms with Gasteiger partial charge >= 0.3 is 18.1 Å². The Morgan fingerprint density at radius 2 is 1.76 bits per heavy atom. The number of hydrogen-bond acceptors (Lipinski definition) is 6. The molecule has 0 bridgehead atoms. The standard InChI is InChI=1S/C28H33F2N3O5/c1-27(2)23(19-10-11-21(29)22(30)18-19)33(26(36)38-27)25(35)31-14-7-15-32-16-12-28(13-17-32,24(34)37-3)20-8-5-4-6-9-20/h4-6,8-11,18,23H,7,12-17H2,1-3H3,(H,31,35). The van der Waals surface area contributed by atoms with Crippen LogP contribution in [0.2, 0.25) is 0 Å². The Morgan fingerprint density at radius 3 is 2.39 bits per heavy atom.